The average Bonchev–Trinajstić information content (AvgIpc) is 2.50. The molecule has 9 heteroatoms. The zero-order chi connectivity index (χ0) is 16.5. The molecule has 0 unspecified atom stereocenters. The van der Waals surface area contributed by atoms with E-state index in [9.17, 15) is 22.6 Å². The van der Waals surface area contributed by atoms with Crippen LogP contribution in [-0.2, 0) is 19.6 Å². The van der Waals surface area contributed by atoms with E-state index < -0.39 is 27.0 Å². The Bertz CT molecular complexity index is 874. The van der Waals surface area contributed by atoms with E-state index in [1.807, 2.05) is 0 Å². The molecule has 116 valence electrons. The topological polar surface area (TPSA) is 110 Å². The smallest absolute Gasteiger partial charge is 0.744 e. The quantitative estimate of drug-likeness (QED) is 0.364. The molecule has 2 aromatic rings. The van der Waals surface area contributed by atoms with E-state index in [0.29, 0.717) is 0 Å². The number of carbonyl (C=O) groups is 2. The van der Waals surface area contributed by atoms with Crippen LogP contribution in [0.25, 0.3) is 10.8 Å². The standard InChI is InChI=1S/C14H12O7S.K/c1-20-13(15)10-5-3-4-9-11(10)6-8(22(17,18)19)7-12(9)14(16)21-2;/h3-7H,1-2H3,(H,17,18,19);/q;+1/p-1. The Kier molecular flexibility index (Phi) is 6.90. The number of hydrogen-bond donors (Lipinski definition) is 0. The van der Waals surface area contributed by atoms with Crippen molar-refractivity contribution >= 4 is 32.8 Å². The van der Waals surface area contributed by atoms with Gasteiger partial charge in [0.05, 0.1) is 30.2 Å². The van der Waals surface area contributed by atoms with Gasteiger partial charge in [-0.3, -0.25) is 0 Å². The first-order valence-corrected chi connectivity index (χ1v) is 7.39. The van der Waals surface area contributed by atoms with Gasteiger partial charge in [0.2, 0.25) is 0 Å². The fourth-order valence-electron chi connectivity index (χ4n) is 2.07. The van der Waals surface area contributed by atoms with Crippen LogP contribution in [0.3, 0.4) is 0 Å². The van der Waals surface area contributed by atoms with E-state index in [2.05, 4.69) is 9.47 Å². The Morgan fingerprint density at radius 1 is 0.957 bits per heavy atom. The van der Waals surface area contributed by atoms with Gasteiger partial charge in [-0.1, -0.05) is 12.1 Å². The maximum absolute atomic E-state index is 11.8. The van der Waals surface area contributed by atoms with Crippen molar-refractivity contribution in [3.8, 4) is 0 Å². The molecule has 7 nitrogen and oxygen atoms in total. The summed E-state index contributed by atoms with van der Waals surface area (Å²) in [5.41, 5.74) is -0.0872. The van der Waals surface area contributed by atoms with Crippen LogP contribution in [0.1, 0.15) is 20.7 Å². The first-order valence-electron chi connectivity index (χ1n) is 5.99. The minimum Gasteiger partial charge on any atom is -0.744 e. The molecule has 0 atom stereocenters. The predicted octanol–water partition coefficient (Wildman–Crippen LogP) is -1.68. The van der Waals surface area contributed by atoms with Crippen molar-refractivity contribution in [2.75, 3.05) is 14.2 Å². The van der Waals surface area contributed by atoms with Crippen molar-refractivity contribution < 1.29 is 83.4 Å². The molecule has 0 saturated carbocycles. The van der Waals surface area contributed by atoms with Gasteiger partial charge in [0.15, 0.2) is 0 Å². The van der Waals surface area contributed by atoms with Crippen LogP contribution in [0.4, 0.5) is 0 Å². The molecule has 0 spiro atoms. The summed E-state index contributed by atoms with van der Waals surface area (Å²) in [6.07, 6.45) is 0. The van der Waals surface area contributed by atoms with E-state index in [1.165, 1.54) is 18.2 Å². The van der Waals surface area contributed by atoms with Crippen LogP contribution in [-0.4, -0.2) is 39.1 Å². The second kappa shape index (κ2) is 7.84. The van der Waals surface area contributed by atoms with Gasteiger partial charge in [-0.2, -0.15) is 0 Å². The summed E-state index contributed by atoms with van der Waals surface area (Å²) in [5, 5.41) is 0.397. The molecular weight excluding hydrogens is 351 g/mol. The molecule has 0 saturated heterocycles. The van der Waals surface area contributed by atoms with Crippen LogP contribution in [0.15, 0.2) is 35.2 Å². The molecule has 0 N–H and O–H groups in total. The summed E-state index contributed by atoms with van der Waals surface area (Å²) in [6.45, 7) is 0. The zero-order valence-electron chi connectivity index (χ0n) is 12.7. The second-order valence-electron chi connectivity index (χ2n) is 4.31. The Morgan fingerprint density at radius 3 is 2.04 bits per heavy atom. The minimum atomic E-state index is -4.82. The van der Waals surface area contributed by atoms with Crippen LogP contribution < -0.4 is 51.4 Å². The second-order valence-corrected chi connectivity index (χ2v) is 5.69. The van der Waals surface area contributed by atoms with Crippen LogP contribution in [0.2, 0.25) is 0 Å². The monoisotopic (exact) mass is 362 g/mol. The van der Waals surface area contributed by atoms with Gasteiger partial charge >= 0.3 is 63.3 Å². The molecule has 23 heavy (non-hydrogen) atoms. The number of methoxy groups -OCH3 is 2. The molecule has 0 aromatic heterocycles. The van der Waals surface area contributed by atoms with E-state index in [1.54, 1.807) is 0 Å². The summed E-state index contributed by atoms with van der Waals surface area (Å²) in [4.78, 5) is 23.0. The van der Waals surface area contributed by atoms with Gasteiger partial charge in [-0.15, -0.1) is 0 Å². The average molecular weight is 362 g/mol. The largest absolute Gasteiger partial charge is 1.00 e. The Morgan fingerprint density at radius 2 is 1.52 bits per heavy atom. The maximum Gasteiger partial charge on any atom is 1.00 e. The van der Waals surface area contributed by atoms with Crippen molar-refractivity contribution in [3.05, 3.63) is 41.5 Å². The van der Waals surface area contributed by atoms with Gasteiger partial charge in [-0.05, 0) is 29.0 Å². The van der Waals surface area contributed by atoms with Crippen LogP contribution in [0.5, 0.6) is 0 Å². The van der Waals surface area contributed by atoms with Gasteiger partial charge in [0.25, 0.3) is 0 Å². The van der Waals surface area contributed by atoms with E-state index in [0.717, 1.165) is 26.4 Å². The number of rotatable bonds is 3. The number of carbonyl (C=O) groups excluding carboxylic acids is 2. The molecule has 0 aliphatic heterocycles. The fourth-order valence-corrected chi connectivity index (χ4v) is 2.60. The minimum absolute atomic E-state index is 0. The predicted molar refractivity (Wildman–Crippen MR) is 74.6 cm³/mol. The maximum atomic E-state index is 11.8. The summed E-state index contributed by atoms with van der Waals surface area (Å²) in [5.74, 6) is -1.54. The van der Waals surface area contributed by atoms with Crippen molar-refractivity contribution in [1.29, 1.82) is 0 Å². The Labute approximate surface area is 175 Å². The molecule has 2 rings (SSSR count). The zero-order valence-corrected chi connectivity index (χ0v) is 16.6. The van der Waals surface area contributed by atoms with Crippen LogP contribution >= 0.6 is 0 Å². The van der Waals surface area contributed by atoms with Gasteiger partial charge in [0.1, 0.15) is 10.1 Å². The number of esters is 2. The number of fused-ring (bicyclic) bond motifs is 1. The van der Waals surface area contributed by atoms with Gasteiger partial charge in [-0.25, -0.2) is 18.0 Å². The Balaban J connectivity index is 0.00000264. The van der Waals surface area contributed by atoms with Crippen molar-refractivity contribution in [2.45, 2.75) is 4.90 Å². The van der Waals surface area contributed by atoms with E-state index in [-0.39, 0.29) is 73.3 Å². The third-order valence-corrected chi connectivity index (χ3v) is 3.88. The summed E-state index contributed by atoms with van der Waals surface area (Å²) in [7, 11) is -2.53. The molecule has 0 heterocycles. The third kappa shape index (κ3) is 4.18. The third-order valence-electron chi connectivity index (χ3n) is 3.07. The molecule has 0 fully saturated rings. The van der Waals surface area contributed by atoms with Crippen molar-refractivity contribution in [1.82, 2.24) is 0 Å². The van der Waals surface area contributed by atoms with Crippen molar-refractivity contribution in [3.63, 3.8) is 0 Å². The number of ether oxygens (including phenoxy) is 2. The number of benzene rings is 2. The Hall–Kier alpha value is -0.814. The summed E-state index contributed by atoms with van der Waals surface area (Å²) < 4.78 is 43.0. The van der Waals surface area contributed by atoms with Gasteiger partial charge in [0, 0.05) is 0 Å². The fraction of sp³-hybridized carbons (Fsp3) is 0.143. The normalized spacial score (nSPS) is 10.7. The molecule has 0 aliphatic carbocycles. The number of hydrogen-bond acceptors (Lipinski definition) is 7. The summed E-state index contributed by atoms with van der Waals surface area (Å²) in [6, 6.07) is 6.38. The summed E-state index contributed by atoms with van der Waals surface area (Å²) >= 11 is 0. The van der Waals surface area contributed by atoms with Gasteiger partial charge < -0.3 is 14.0 Å². The van der Waals surface area contributed by atoms with E-state index in [4.69, 9.17) is 0 Å². The molecule has 0 bridgehead atoms. The molecule has 0 amide bonds. The first kappa shape index (κ1) is 20.2. The van der Waals surface area contributed by atoms with E-state index >= 15 is 0 Å². The molecular formula is C14H11KO7S. The van der Waals surface area contributed by atoms with Crippen LogP contribution in [0, 0.1) is 0 Å². The SMILES string of the molecule is COC(=O)c1cc(S(=O)(=O)[O-])cc2c(C(=O)OC)cccc12.[K+]. The molecule has 0 aliphatic rings. The molecule has 0 radical (unpaired) electrons. The first-order chi connectivity index (χ1) is 10.3. The van der Waals surface area contributed by atoms with Crippen molar-refractivity contribution in [2.24, 2.45) is 0 Å². The molecule has 2 aromatic carbocycles.